The van der Waals surface area contributed by atoms with Crippen molar-refractivity contribution in [3.63, 3.8) is 0 Å². The number of allylic oxidation sites excluding steroid dienone is 1. The van der Waals surface area contributed by atoms with E-state index in [2.05, 4.69) is 20.8 Å². The zero-order chi connectivity index (χ0) is 16.4. The molecule has 0 spiro atoms. The first-order valence-electron chi connectivity index (χ1n) is 7.40. The summed E-state index contributed by atoms with van der Waals surface area (Å²) in [5, 5.41) is 14.6. The molecule has 8 nitrogen and oxygen atoms in total. The normalized spacial score (nSPS) is 16.7. The largest absolute Gasteiger partial charge is 0.494 e. The second kappa shape index (κ2) is 6.07. The second-order valence-corrected chi connectivity index (χ2v) is 5.30. The number of hydrogen-bond acceptors (Lipinski definition) is 6. The minimum Gasteiger partial charge on any atom is -0.494 e. The van der Waals surface area contributed by atoms with Gasteiger partial charge in [-0.15, -0.1) is 0 Å². The number of aromatic nitrogens is 4. The molecule has 8 heteroatoms. The number of ether oxygens (including phenoxy) is 1. The van der Waals surface area contributed by atoms with Crippen LogP contribution >= 0.6 is 0 Å². The lowest BCUT2D eigenvalue weighted by molar-refractivity contribution is -0.115. The maximum atomic E-state index is 11.9. The fraction of sp³-hybridized carbons (Fsp3) is 0.333. The van der Waals surface area contributed by atoms with Gasteiger partial charge in [-0.1, -0.05) is 24.2 Å². The monoisotopic (exact) mass is 314 g/mol. The summed E-state index contributed by atoms with van der Waals surface area (Å²) in [5.74, 6) is 0.692. The summed E-state index contributed by atoms with van der Waals surface area (Å²) >= 11 is 0. The van der Waals surface area contributed by atoms with Crippen LogP contribution in [0.1, 0.15) is 31.9 Å². The number of benzene rings is 1. The number of hydrogen-bond donors (Lipinski definition) is 2. The third-order valence-electron chi connectivity index (χ3n) is 3.63. The van der Waals surface area contributed by atoms with Crippen LogP contribution in [0.25, 0.3) is 0 Å². The summed E-state index contributed by atoms with van der Waals surface area (Å²) in [6.07, 6.45) is 0.917. The molecule has 0 fully saturated rings. The Bertz CT molecular complexity index is 767. The number of nitrogens with zero attached hydrogens (tertiary/aromatic N) is 4. The molecule has 1 unspecified atom stereocenters. The molecule has 1 aromatic heterocycles. The van der Waals surface area contributed by atoms with Crippen molar-refractivity contribution in [2.45, 2.75) is 26.3 Å². The number of nitrogens with one attached hydrogen (secondary N) is 1. The van der Waals surface area contributed by atoms with E-state index in [1.54, 1.807) is 11.6 Å². The molecule has 1 atom stereocenters. The molecular formula is C15H18N6O2. The first-order chi connectivity index (χ1) is 11.1. The molecule has 0 aliphatic carbocycles. The number of tetrazole rings is 1. The quantitative estimate of drug-likeness (QED) is 0.859. The van der Waals surface area contributed by atoms with E-state index in [0.717, 1.165) is 17.7 Å². The topological polar surface area (TPSA) is 108 Å². The highest BCUT2D eigenvalue weighted by molar-refractivity contribution is 5.95. The van der Waals surface area contributed by atoms with Gasteiger partial charge in [0.1, 0.15) is 11.8 Å². The molecule has 1 aromatic carbocycles. The highest BCUT2D eigenvalue weighted by Crippen LogP contribution is 2.35. The standard InChI is InChI=1S/C15H18N6O2/c1-3-7-23-11-6-4-5-10(8-11)13-12(14(16)22)9(2)17-15-18-19-20-21(13)15/h4-6,8,13H,3,7H2,1-2H3,(H2,16,22)(H,17,18,20). The summed E-state index contributed by atoms with van der Waals surface area (Å²) in [6.45, 7) is 4.45. The van der Waals surface area contributed by atoms with E-state index in [9.17, 15) is 4.79 Å². The van der Waals surface area contributed by atoms with Gasteiger partial charge in [0.25, 0.3) is 0 Å². The first-order valence-corrected chi connectivity index (χ1v) is 7.40. The average molecular weight is 314 g/mol. The third-order valence-corrected chi connectivity index (χ3v) is 3.63. The Morgan fingerprint density at radius 1 is 1.48 bits per heavy atom. The molecule has 2 heterocycles. The van der Waals surface area contributed by atoms with E-state index >= 15 is 0 Å². The van der Waals surface area contributed by atoms with Crippen molar-refractivity contribution in [2.24, 2.45) is 5.73 Å². The molecule has 23 heavy (non-hydrogen) atoms. The maximum Gasteiger partial charge on any atom is 0.248 e. The number of anilines is 1. The molecular weight excluding hydrogens is 296 g/mol. The van der Waals surface area contributed by atoms with E-state index in [-0.39, 0.29) is 0 Å². The lowest BCUT2D eigenvalue weighted by atomic mass is 9.95. The predicted octanol–water partition coefficient (Wildman–Crippen LogP) is 1.24. The highest BCUT2D eigenvalue weighted by Gasteiger charge is 2.32. The van der Waals surface area contributed by atoms with Crippen LogP contribution in [-0.4, -0.2) is 32.7 Å². The van der Waals surface area contributed by atoms with Crippen LogP contribution in [0.4, 0.5) is 5.95 Å². The zero-order valence-corrected chi connectivity index (χ0v) is 13.0. The molecule has 3 N–H and O–H groups in total. The van der Waals surface area contributed by atoms with Crippen molar-refractivity contribution >= 4 is 11.9 Å². The van der Waals surface area contributed by atoms with E-state index in [0.29, 0.717) is 23.8 Å². The number of carbonyl (C=O) groups excluding carboxylic acids is 1. The van der Waals surface area contributed by atoms with Crippen LogP contribution in [0.5, 0.6) is 5.75 Å². The van der Waals surface area contributed by atoms with E-state index in [1.165, 1.54) is 0 Å². The lowest BCUT2D eigenvalue weighted by Crippen LogP contribution is -2.31. The number of carbonyl (C=O) groups is 1. The summed E-state index contributed by atoms with van der Waals surface area (Å²) in [6, 6.07) is 7.05. The van der Waals surface area contributed by atoms with Gasteiger partial charge in [0.2, 0.25) is 11.9 Å². The van der Waals surface area contributed by atoms with Gasteiger partial charge in [0.15, 0.2) is 0 Å². The van der Waals surface area contributed by atoms with Gasteiger partial charge < -0.3 is 15.8 Å². The predicted molar refractivity (Wildman–Crippen MR) is 83.7 cm³/mol. The minimum absolute atomic E-state index is 0.428. The first kappa shape index (κ1) is 15.0. The summed E-state index contributed by atoms with van der Waals surface area (Å²) in [7, 11) is 0. The van der Waals surface area contributed by atoms with Gasteiger partial charge in [-0.25, -0.2) is 0 Å². The van der Waals surface area contributed by atoms with Crippen molar-refractivity contribution in [3.05, 3.63) is 41.1 Å². The maximum absolute atomic E-state index is 11.9. The molecule has 0 bridgehead atoms. The smallest absolute Gasteiger partial charge is 0.248 e. The molecule has 1 amide bonds. The number of amides is 1. The summed E-state index contributed by atoms with van der Waals surface area (Å²) in [5.41, 5.74) is 7.49. The minimum atomic E-state index is -0.513. The van der Waals surface area contributed by atoms with Crippen LogP contribution in [0, 0.1) is 0 Å². The number of primary amides is 1. The Morgan fingerprint density at radius 2 is 2.30 bits per heavy atom. The lowest BCUT2D eigenvalue weighted by Gasteiger charge is -2.27. The van der Waals surface area contributed by atoms with Crippen LogP contribution in [0.2, 0.25) is 0 Å². The Kier molecular flexibility index (Phi) is 3.96. The van der Waals surface area contributed by atoms with E-state index in [4.69, 9.17) is 10.5 Å². The average Bonchev–Trinajstić information content (AvgIpc) is 2.99. The Morgan fingerprint density at radius 3 is 3.04 bits per heavy atom. The van der Waals surface area contributed by atoms with E-state index in [1.807, 2.05) is 31.2 Å². The number of fused-ring (bicyclic) bond motifs is 1. The second-order valence-electron chi connectivity index (χ2n) is 5.30. The number of rotatable bonds is 5. The van der Waals surface area contributed by atoms with Crippen molar-refractivity contribution in [1.82, 2.24) is 20.2 Å². The van der Waals surface area contributed by atoms with Gasteiger partial charge in [-0.05, 0) is 41.5 Å². The molecule has 0 radical (unpaired) electrons. The van der Waals surface area contributed by atoms with E-state index < -0.39 is 11.9 Å². The molecule has 120 valence electrons. The van der Waals surface area contributed by atoms with Crippen molar-refractivity contribution in [1.29, 1.82) is 0 Å². The van der Waals surface area contributed by atoms with Gasteiger partial charge in [0.05, 0.1) is 12.2 Å². The molecule has 0 saturated carbocycles. The Balaban J connectivity index is 2.07. The molecule has 2 aromatic rings. The highest BCUT2D eigenvalue weighted by atomic mass is 16.5. The Labute approximate surface area is 133 Å². The fourth-order valence-electron chi connectivity index (χ4n) is 2.63. The summed E-state index contributed by atoms with van der Waals surface area (Å²) < 4.78 is 7.22. The molecule has 1 aliphatic rings. The van der Waals surface area contributed by atoms with Crippen molar-refractivity contribution in [3.8, 4) is 5.75 Å². The molecule has 1 aliphatic heterocycles. The van der Waals surface area contributed by atoms with Crippen LogP contribution in [0.3, 0.4) is 0 Å². The zero-order valence-electron chi connectivity index (χ0n) is 13.0. The molecule has 0 saturated heterocycles. The SMILES string of the molecule is CCCOc1cccc(C2C(C(N)=O)=C(C)Nc3nnnn32)c1. The van der Waals surface area contributed by atoms with Crippen molar-refractivity contribution < 1.29 is 9.53 Å². The van der Waals surface area contributed by atoms with Gasteiger partial charge >= 0.3 is 0 Å². The fourth-order valence-corrected chi connectivity index (χ4v) is 2.63. The third kappa shape index (κ3) is 2.75. The van der Waals surface area contributed by atoms with Crippen LogP contribution in [0.15, 0.2) is 35.5 Å². The van der Waals surface area contributed by atoms with Crippen LogP contribution < -0.4 is 15.8 Å². The van der Waals surface area contributed by atoms with Gasteiger partial charge in [-0.2, -0.15) is 4.68 Å². The van der Waals surface area contributed by atoms with Crippen molar-refractivity contribution in [2.75, 3.05) is 11.9 Å². The summed E-state index contributed by atoms with van der Waals surface area (Å²) in [4.78, 5) is 11.9. The molecule has 3 rings (SSSR count). The van der Waals surface area contributed by atoms with Crippen LogP contribution in [-0.2, 0) is 4.79 Å². The Hall–Kier alpha value is -2.90. The number of nitrogens with two attached hydrogens (primary N) is 1. The van der Waals surface area contributed by atoms with Gasteiger partial charge in [-0.3, -0.25) is 4.79 Å². The van der Waals surface area contributed by atoms with Gasteiger partial charge in [0, 0.05) is 5.70 Å².